The number of carboxylic acids is 1. The molecule has 31 heavy (non-hydrogen) atoms. The van der Waals surface area contributed by atoms with Gasteiger partial charge in [0.2, 0.25) is 0 Å². The average molecular weight is 422 g/mol. The molecule has 0 spiro atoms. The fraction of sp³-hybridized carbons (Fsp3) is 0.273. The number of rotatable bonds is 6. The van der Waals surface area contributed by atoms with Crippen LogP contribution in [0.25, 0.3) is 10.9 Å². The summed E-state index contributed by atoms with van der Waals surface area (Å²) in [6.07, 6.45) is 0. The van der Waals surface area contributed by atoms with Gasteiger partial charge in [-0.15, -0.1) is 0 Å². The van der Waals surface area contributed by atoms with Gasteiger partial charge >= 0.3 is 5.97 Å². The maximum atomic E-state index is 11.8. The summed E-state index contributed by atoms with van der Waals surface area (Å²) in [7, 11) is 0. The second-order valence-corrected chi connectivity index (χ2v) is 7.45. The van der Waals surface area contributed by atoms with Gasteiger partial charge in [0.1, 0.15) is 12.4 Å². The molecule has 9 nitrogen and oxygen atoms in total. The van der Waals surface area contributed by atoms with Crippen LogP contribution in [-0.2, 0) is 6.61 Å². The van der Waals surface area contributed by atoms with Crippen molar-refractivity contribution in [2.45, 2.75) is 19.6 Å². The van der Waals surface area contributed by atoms with Crippen molar-refractivity contribution in [3.05, 3.63) is 69.9 Å². The third-order valence-electron chi connectivity index (χ3n) is 5.33. The Morgan fingerprint density at radius 2 is 2.10 bits per heavy atom. The Hall–Kier alpha value is -3.72. The third kappa shape index (κ3) is 4.26. The molecule has 2 heterocycles. The van der Waals surface area contributed by atoms with E-state index in [1.165, 1.54) is 12.1 Å². The van der Waals surface area contributed by atoms with Crippen LogP contribution >= 0.6 is 0 Å². The SMILES string of the molecule is CC1CNCCN1c1cc([N+](=O)[O-])c2nc(C(=O)O)cc(OCc3ccccc3)c2c1. The fourth-order valence-electron chi connectivity index (χ4n) is 3.76. The molecule has 1 fully saturated rings. The first-order chi connectivity index (χ1) is 14.9. The summed E-state index contributed by atoms with van der Waals surface area (Å²) in [6.45, 7) is 4.47. The molecule has 0 bridgehead atoms. The number of piperazine rings is 1. The lowest BCUT2D eigenvalue weighted by Crippen LogP contribution is -2.49. The first kappa shape index (κ1) is 20.5. The van der Waals surface area contributed by atoms with Crippen LogP contribution in [0.1, 0.15) is 23.0 Å². The number of nitrogens with one attached hydrogen (secondary N) is 1. The minimum atomic E-state index is -1.28. The van der Waals surface area contributed by atoms with Crippen molar-refractivity contribution in [3.63, 3.8) is 0 Å². The maximum absolute atomic E-state index is 11.8. The summed E-state index contributed by atoms with van der Waals surface area (Å²) in [5.41, 5.74) is 1.03. The van der Waals surface area contributed by atoms with E-state index in [1.54, 1.807) is 6.07 Å². The number of ether oxygens (including phenoxy) is 1. The van der Waals surface area contributed by atoms with Crippen molar-refractivity contribution in [1.82, 2.24) is 10.3 Å². The predicted octanol–water partition coefficient (Wildman–Crippen LogP) is 3.22. The number of pyridine rings is 1. The summed E-state index contributed by atoms with van der Waals surface area (Å²) in [5.74, 6) is -1.03. The molecule has 1 aromatic heterocycles. The Morgan fingerprint density at radius 3 is 2.77 bits per heavy atom. The number of aromatic nitrogens is 1. The number of nitrogens with zero attached hydrogens (tertiary/aromatic N) is 3. The van der Waals surface area contributed by atoms with Crippen LogP contribution in [0.5, 0.6) is 5.75 Å². The third-order valence-corrected chi connectivity index (χ3v) is 5.33. The van der Waals surface area contributed by atoms with E-state index in [0.717, 1.165) is 18.7 Å². The normalized spacial score (nSPS) is 16.3. The van der Waals surface area contributed by atoms with Gasteiger partial charge in [0.05, 0.1) is 10.3 Å². The smallest absolute Gasteiger partial charge is 0.354 e. The highest BCUT2D eigenvalue weighted by Crippen LogP contribution is 2.37. The largest absolute Gasteiger partial charge is 0.488 e. The van der Waals surface area contributed by atoms with E-state index in [0.29, 0.717) is 17.6 Å². The number of benzene rings is 2. The number of hydrogen-bond donors (Lipinski definition) is 2. The number of carboxylic acid groups (broad SMARTS) is 1. The Kier molecular flexibility index (Phi) is 5.68. The molecule has 0 saturated carbocycles. The lowest BCUT2D eigenvalue weighted by Gasteiger charge is -2.36. The van der Waals surface area contributed by atoms with Crippen molar-refractivity contribution in [2.24, 2.45) is 0 Å². The van der Waals surface area contributed by atoms with Gasteiger partial charge in [-0.2, -0.15) is 0 Å². The molecule has 0 amide bonds. The first-order valence-electron chi connectivity index (χ1n) is 9.94. The van der Waals surface area contributed by atoms with E-state index in [2.05, 4.69) is 15.2 Å². The number of non-ortho nitro benzene ring substituents is 1. The zero-order valence-electron chi connectivity index (χ0n) is 16.9. The van der Waals surface area contributed by atoms with E-state index in [-0.39, 0.29) is 35.3 Å². The summed E-state index contributed by atoms with van der Waals surface area (Å²) in [5, 5.41) is 25.0. The van der Waals surface area contributed by atoms with Gasteiger partial charge in [-0.3, -0.25) is 10.1 Å². The fourth-order valence-corrected chi connectivity index (χ4v) is 3.76. The molecule has 1 unspecified atom stereocenters. The number of nitro groups is 1. The van der Waals surface area contributed by atoms with Gasteiger partial charge in [0.25, 0.3) is 5.69 Å². The highest BCUT2D eigenvalue weighted by molar-refractivity contribution is 5.99. The Balaban J connectivity index is 1.86. The molecule has 1 aliphatic rings. The van der Waals surface area contributed by atoms with E-state index in [4.69, 9.17) is 4.74 Å². The number of hydrogen-bond acceptors (Lipinski definition) is 7. The highest BCUT2D eigenvalue weighted by Gasteiger charge is 2.25. The minimum absolute atomic E-state index is 0.000464. The second kappa shape index (κ2) is 8.57. The number of anilines is 1. The Bertz CT molecular complexity index is 1140. The maximum Gasteiger partial charge on any atom is 0.354 e. The molecule has 160 valence electrons. The van der Waals surface area contributed by atoms with Crippen LogP contribution in [0.3, 0.4) is 0 Å². The van der Waals surface area contributed by atoms with Crippen LogP contribution in [0.2, 0.25) is 0 Å². The number of carbonyl (C=O) groups is 1. The molecule has 1 atom stereocenters. The molecular weight excluding hydrogens is 400 g/mol. The predicted molar refractivity (Wildman–Crippen MR) is 116 cm³/mol. The van der Waals surface area contributed by atoms with Crippen LogP contribution in [0, 0.1) is 10.1 Å². The van der Waals surface area contributed by atoms with E-state index < -0.39 is 10.9 Å². The number of fused-ring (bicyclic) bond motifs is 1. The monoisotopic (exact) mass is 422 g/mol. The molecule has 9 heteroatoms. The number of aromatic carboxylic acids is 1. The summed E-state index contributed by atoms with van der Waals surface area (Å²) in [4.78, 5) is 29.1. The van der Waals surface area contributed by atoms with E-state index in [1.807, 2.05) is 37.3 Å². The molecule has 4 rings (SSSR count). The molecule has 1 saturated heterocycles. The highest BCUT2D eigenvalue weighted by atomic mass is 16.6. The lowest BCUT2D eigenvalue weighted by molar-refractivity contribution is -0.383. The average Bonchev–Trinajstić information content (AvgIpc) is 2.77. The Labute approximate surface area is 178 Å². The number of nitro benzene ring substituents is 1. The van der Waals surface area contributed by atoms with Crippen LogP contribution in [0.4, 0.5) is 11.4 Å². The topological polar surface area (TPSA) is 118 Å². The molecule has 1 aliphatic heterocycles. The van der Waals surface area contributed by atoms with E-state index >= 15 is 0 Å². The zero-order chi connectivity index (χ0) is 22.0. The van der Waals surface area contributed by atoms with E-state index in [9.17, 15) is 20.0 Å². The van der Waals surface area contributed by atoms with Crippen molar-refractivity contribution < 1.29 is 19.6 Å². The Morgan fingerprint density at radius 1 is 1.32 bits per heavy atom. The van der Waals surface area contributed by atoms with Gasteiger partial charge in [0, 0.05) is 43.5 Å². The zero-order valence-corrected chi connectivity index (χ0v) is 16.9. The molecule has 2 N–H and O–H groups in total. The molecule has 2 aromatic carbocycles. The van der Waals surface area contributed by atoms with Gasteiger partial charge in [-0.05, 0) is 18.6 Å². The lowest BCUT2D eigenvalue weighted by atomic mass is 10.1. The van der Waals surface area contributed by atoms with Crippen molar-refractivity contribution in [2.75, 3.05) is 24.5 Å². The van der Waals surface area contributed by atoms with Crippen molar-refractivity contribution in [1.29, 1.82) is 0 Å². The van der Waals surface area contributed by atoms with Gasteiger partial charge < -0.3 is 20.1 Å². The summed E-state index contributed by atoms with van der Waals surface area (Å²) < 4.78 is 5.94. The molecule has 3 aromatic rings. The quantitative estimate of drug-likeness (QED) is 0.459. The van der Waals surface area contributed by atoms with Gasteiger partial charge in [-0.1, -0.05) is 30.3 Å². The van der Waals surface area contributed by atoms with Crippen LogP contribution in [0.15, 0.2) is 48.5 Å². The standard InChI is InChI=1S/C22H22N4O5/c1-14-12-23-7-8-25(14)16-9-17-20(31-13-15-5-3-2-4-6-15)11-18(22(27)28)24-21(17)19(10-16)26(29)30/h2-6,9-11,14,23H,7-8,12-13H2,1H3,(H,27,28). The molecular formula is C22H22N4O5. The molecule has 0 radical (unpaired) electrons. The van der Waals surface area contributed by atoms with Gasteiger partial charge in [0.15, 0.2) is 11.2 Å². The summed E-state index contributed by atoms with van der Waals surface area (Å²) >= 11 is 0. The minimum Gasteiger partial charge on any atom is -0.488 e. The van der Waals surface area contributed by atoms with Crippen LogP contribution in [-0.4, -0.2) is 46.7 Å². The molecule has 0 aliphatic carbocycles. The van der Waals surface area contributed by atoms with Crippen molar-refractivity contribution in [3.8, 4) is 5.75 Å². The van der Waals surface area contributed by atoms with Gasteiger partial charge in [-0.25, -0.2) is 9.78 Å². The van der Waals surface area contributed by atoms with Crippen LogP contribution < -0.4 is 15.0 Å². The first-order valence-corrected chi connectivity index (χ1v) is 9.94. The summed E-state index contributed by atoms with van der Waals surface area (Å²) in [6, 6.07) is 14.1. The van der Waals surface area contributed by atoms with Crippen molar-refractivity contribution >= 4 is 28.2 Å². The second-order valence-electron chi connectivity index (χ2n) is 7.45.